The summed E-state index contributed by atoms with van der Waals surface area (Å²) in [4.78, 5) is 0. The van der Waals surface area contributed by atoms with Crippen molar-refractivity contribution in [3.8, 4) is 11.5 Å². The summed E-state index contributed by atoms with van der Waals surface area (Å²) < 4.78 is 11.3. The molecular weight excluding hydrogens is 303 g/mol. The van der Waals surface area contributed by atoms with Crippen molar-refractivity contribution in [3.05, 3.63) is 83.9 Å². The molecule has 0 aromatic heterocycles. The highest BCUT2D eigenvalue weighted by atomic mass is 16.5. The number of hydrogen-bond acceptors (Lipinski definition) is 4. The summed E-state index contributed by atoms with van der Waals surface area (Å²) in [5.41, 5.74) is 1.96. The third kappa shape index (κ3) is 3.70. The van der Waals surface area contributed by atoms with Crippen molar-refractivity contribution in [2.24, 2.45) is 0 Å². The number of aromatic hydroxyl groups is 1. The van der Waals surface area contributed by atoms with Gasteiger partial charge in [0.1, 0.15) is 18.1 Å². The molecule has 0 bridgehead atoms. The summed E-state index contributed by atoms with van der Waals surface area (Å²) in [7, 11) is -1.09. The molecule has 0 spiro atoms. The first-order valence-electron chi connectivity index (χ1n) is 7.82. The molecular formula is C19H19BO4. The van der Waals surface area contributed by atoms with Crippen molar-refractivity contribution in [2.75, 3.05) is 6.61 Å². The fourth-order valence-corrected chi connectivity index (χ4v) is 2.67. The van der Waals surface area contributed by atoms with E-state index >= 15 is 0 Å². The van der Waals surface area contributed by atoms with Gasteiger partial charge in [-0.15, -0.1) is 0 Å². The Morgan fingerprint density at radius 3 is 2.58 bits per heavy atom. The van der Waals surface area contributed by atoms with Gasteiger partial charge in [-0.3, -0.25) is 0 Å². The number of ether oxygens (including phenoxy) is 1. The van der Waals surface area contributed by atoms with Crippen molar-refractivity contribution in [3.63, 3.8) is 0 Å². The topological polar surface area (TPSA) is 58.9 Å². The fraction of sp³-hybridized carbons (Fsp3) is 0.158. The molecule has 24 heavy (non-hydrogen) atoms. The molecule has 0 aliphatic carbocycles. The van der Waals surface area contributed by atoms with Gasteiger partial charge < -0.3 is 19.5 Å². The number of benzene rings is 2. The van der Waals surface area contributed by atoms with Gasteiger partial charge in [0.05, 0.1) is 6.10 Å². The summed E-state index contributed by atoms with van der Waals surface area (Å²) in [5.74, 6) is 0.912. The van der Waals surface area contributed by atoms with Gasteiger partial charge in [-0.2, -0.15) is 0 Å². The van der Waals surface area contributed by atoms with Crippen LogP contribution >= 0.6 is 0 Å². The van der Waals surface area contributed by atoms with Crippen LogP contribution in [0.4, 0.5) is 0 Å². The van der Waals surface area contributed by atoms with Gasteiger partial charge in [-0.05, 0) is 35.7 Å². The van der Waals surface area contributed by atoms with Crippen LogP contribution in [0.5, 0.6) is 11.5 Å². The summed E-state index contributed by atoms with van der Waals surface area (Å²) in [6.07, 6.45) is 2.06. The Balaban J connectivity index is 1.65. The zero-order valence-corrected chi connectivity index (χ0v) is 13.3. The lowest BCUT2D eigenvalue weighted by Crippen LogP contribution is -2.30. The van der Waals surface area contributed by atoms with E-state index in [4.69, 9.17) is 9.39 Å². The first-order chi connectivity index (χ1) is 11.6. The smallest absolute Gasteiger partial charge is 0.491 e. The Bertz CT molecular complexity index is 742. The zero-order valence-electron chi connectivity index (χ0n) is 13.3. The largest absolute Gasteiger partial charge is 0.508 e. The van der Waals surface area contributed by atoms with E-state index in [1.807, 2.05) is 42.5 Å². The van der Waals surface area contributed by atoms with E-state index in [0.29, 0.717) is 23.0 Å². The summed E-state index contributed by atoms with van der Waals surface area (Å²) >= 11 is 0. The Morgan fingerprint density at radius 2 is 1.88 bits per heavy atom. The number of rotatable bonds is 5. The second kappa shape index (κ2) is 7.38. The van der Waals surface area contributed by atoms with E-state index in [2.05, 4.69) is 6.58 Å². The molecule has 2 aromatic rings. The molecule has 0 amide bonds. The molecule has 2 N–H and O–H groups in total. The highest BCUT2D eigenvalue weighted by molar-refractivity contribution is 6.54. The lowest BCUT2D eigenvalue weighted by Gasteiger charge is -2.27. The van der Waals surface area contributed by atoms with Crippen LogP contribution in [-0.2, 0) is 4.65 Å². The molecule has 4 nitrogen and oxygen atoms in total. The third-order valence-electron chi connectivity index (χ3n) is 3.96. The van der Waals surface area contributed by atoms with Gasteiger partial charge in [0.25, 0.3) is 0 Å². The van der Waals surface area contributed by atoms with Crippen LogP contribution in [-0.4, -0.2) is 23.9 Å². The minimum atomic E-state index is -1.09. The van der Waals surface area contributed by atoms with E-state index in [0.717, 1.165) is 5.75 Å². The molecule has 1 aliphatic rings. The zero-order chi connectivity index (χ0) is 16.9. The molecule has 1 heterocycles. The molecule has 0 radical (unpaired) electrons. The molecule has 3 rings (SSSR count). The quantitative estimate of drug-likeness (QED) is 0.828. The van der Waals surface area contributed by atoms with E-state index in [9.17, 15) is 10.1 Å². The molecule has 0 fully saturated rings. The fourth-order valence-electron chi connectivity index (χ4n) is 2.67. The number of phenols is 1. The maximum Gasteiger partial charge on any atom is 0.491 e. The second-order valence-corrected chi connectivity index (χ2v) is 5.64. The highest BCUT2D eigenvalue weighted by Crippen LogP contribution is 2.34. The Labute approximate surface area is 141 Å². The number of phenolic OH excluding ortho intramolecular Hbond substituents is 1. The maximum absolute atomic E-state index is 10.3. The Morgan fingerprint density at radius 1 is 1.17 bits per heavy atom. The minimum absolute atomic E-state index is 0.165. The summed E-state index contributed by atoms with van der Waals surface area (Å²) in [6, 6.07) is 16.4. The van der Waals surface area contributed by atoms with Gasteiger partial charge in [0.2, 0.25) is 0 Å². The lowest BCUT2D eigenvalue weighted by atomic mass is 9.71. The minimum Gasteiger partial charge on any atom is -0.508 e. The molecule has 2 aromatic carbocycles. The summed E-state index contributed by atoms with van der Waals surface area (Å²) in [6.45, 7) is 4.25. The average Bonchev–Trinajstić information content (AvgIpc) is 2.61. The molecule has 1 atom stereocenters. The van der Waals surface area contributed by atoms with Crippen LogP contribution in [0.15, 0.2) is 78.3 Å². The molecule has 5 heteroatoms. The van der Waals surface area contributed by atoms with Crippen LogP contribution in [0.1, 0.15) is 18.1 Å². The van der Waals surface area contributed by atoms with E-state index in [-0.39, 0.29) is 18.5 Å². The van der Waals surface area contributed by atoms with Crippen molar-refractivity contribution in [2.45, 2.75) is 12.5 Å². The molecule has 1 aliphatic heterocycles. The first-order valence-corrected chi connectivity index (χ1v) is 7.82. The van der Waals surface area contributed by atoms with Crippen molar-refractivity contribution in [1.82, 2.24) is 0 Å². The van der Waals surface area contributed by atoms with E-state index in [1.54, 1.807) is 18.2 Å². The SMILES string of the molecule is C=C(COc1ccccc1)C1=CCC(c2ccccc2O)OB1O. The van der Waals surface area contributed by atoms with Crippen LogP contribution in [0, 0.1) is 0 Å². The predicted octanol–water partition coefficient (Wildman–Crippen LogP) is 3.43. The highest BCUT2D eigenvalue weighted by Gasteiger charge is 2.31. The Hall–Kier alpha value is -2.50. The third-order valence-corrected chi connectivity index (χ3v) is 3.96. The maximum atomic E-state index is 10.3. The van der Waals surface area contributed by atoms with E-state index < -0.39 is 7.12 Å². The predicted molar refractivity (Wildman–Crippen MR) is 93.7 cm³/mol. The molecule has 1 unspecified atom stereocenters. The van der Waals surface area contributed by atoms with Crippen LogP contribution < -0.4 is 4.74 Å². The monoisotopic (exact) mass is 322 g/mol. The van der Waals surface area contributed by atoms with Crippen LogP contribution in [0.2, 0.25) is 0 Å². The molecule has 0 saturated heterocycles. The van der Waals surface area contributed by atoms with Crippen molar-refractivity contribution >= 4 is 7.12 Å². The second-order valence-electron chi connectivity index (χ2n) is 5.64. The van der Waals surface area contributed by atoms with Gasteiger partial charge >= 0.3 is 7.12 Å². The summed E-state index contributed by atoms with van der Waals surface area (Å²) in [5, 5.41) is 20.2. The number of para-hydroxylation sites is 2. The lowest BCUT2D eigenvalue weighted by molar-refractivity contribution is 0.165. The van der Waals surface area contributed by atoms with Gasteiger partial charge in [0, 0.05) is 5.56 Å². The van der Waals surface area contributed by atoms with Crippen molar-refractivity contribution in [1.29, 1.82) is 0 Å². The van der Waals surface area contributed by atoms with Gasteiger partial charge in [-0.25, -0.2) is 0 Å². The van der Waals surface area contributed by atoms with Crippen LogP contribution in [0.3, 0.4) is 0 Å². The molecule has 122 valence electrons. The average molecular weight is 322 g/mol. The normalized spacial score (nSPS) is 17.3. The first kappa shape index (κ1) is 16.4. The molecule has 0 saturated carbocycles. The van der Waals surface area contributed by atoms with Gasteiger partial charge in [0.15, 0.2) is 0 Å². The Kier molecular flexibility index (Phi) is 5.03. The van der Waals surface area contributed by atoms with E-state index in [1.165, 1.54) is 0 Å². The number of hydrogen-bond donors (Lipinski definition) is 2. The van der Waals surface area contributed by atoms with Crippen molar-refractivity contribution < 1.29 is 19.5 Å². The van der Waals surface area contributed by atoms with Gasteiger partial charge in [-0.1, -0.05) is 49.1 Å². The standard InChI is InChI=1S/C19H19BO4/c1-14(13-23-15-7-3-2-4-8-15)17-11-12-19(24-20(17)22)16-9-5-6-10-18(16)21/h2-11,19,21-22H,1,12-13H2. The van der Waals surface area contributed by atoms with Crippen LogP contribution in [0.25, 0.3) is 0 Å².